The third-order valence-electron chi connectivity index (χ3n) is 14.3. The lowest BCUT2D eigenvalue weighted by atomic mass is 9.75. The molecule has 10 aromatic carbocycles. The summed E-state index contributed by atoms with van der Waals surface area (Å²) in [6, 6.07) is 49.2. The van der Waals surface area contributed by atoms with Crippen LogP contribution >= 0.6 is 0 Å². The van der Waals surface area contributed by atoms with Gasteiger partial charge in [0.25, 0.3) is 0 Å². The molecule has 0 saturated carbocycles. The number of benzene rings is 10. The number of aryl methyl sites for hydroxylation is 4. The van der Waals surface area contributed by atoms with Crippen molar-refractivity contribution >= 4 is 75.8 Å². The van der Waals surface area contributed by atoms with E-state index in [1.54, 1.807) is 0 Å². The Balaban J connectivity index is 1.36. The maximum atomic E-state index is 6.76. The van der Waals surface area contributed by atoms with Crippen LogP contribution in [0.4, 0.5) is 0 Å². The Hall–Kier alpha value is -6.70. The van der Waals surface area contributed by atoms with E-state index in [1.807, 2.05) is 0 Å². The second kappa shape index (κ2) is 12.9. The lowest BCUT2D eigenvalue weighted by molar-refractivity contribution is 0.669. The average molecular weight is 759 g/mol. The molecule has 0 atom stereocenters. The molecule has 284 valence electrons. The molecule has 0 aliphatic heterocycles. The number of hydrogen-bond donors (Lipinski definition) is 0. The Morgan fingerprint density at radius 2 is 0.695 bits per heavy atom. The van der Waals surface area contributed by atoms with E-state index in [0.717, 1.165) is 16.6 Å². The second-order valence-electron chi connectivity index (χ2n) is 17.0. The van der Waals surface area contributed by atoms with Crippen molar-refractivity contribution in [1.29, 1.82) is 0 Å². The molecule has 0 N–H and O–H groups in total. The Bertz CT molecular complexity index is 3540. The van der Waals surface area contributed by atoms with Crippen molar-refractivity contribution in [3.8, 4) is 33.4 Å². The lowest BCUT2D eigenvalue weighted by Crippen LogP contribution is -2.04. The van der Waals surface area contributed by atoms with E-state index >= 15 is 0 Å². The van der Waals surface area contributed by atoms with Crippen molar-refractivity contribution < 1.29 is 4.42 Å². The zero-order chi connectivity index (χ0) is 40.4. The summed E-state index contributed by atoms with van der Waals surface area (Å²) in [6.07, 6.45) is 0. The van der Waals surface area contributed by atoms with E-state index in [1.165, 1.54) is 137 Å². The Morgan fingerprint density at radius 1 is 0.271 bits per heavy atom. The average Bonchev–Trinajstić information content (AvgIpc) is 3.64. The molecule has 0 saturated heterocycles. The van der Waals surface area contributed by atoms with Crippen LogP contribution in [-0.4, -0.2) is 0 Å². The fraction of sp³-hybridized carbons (Fsp3) is 0.138. The van der Waals surface area contributed by atoms with Crippen LogP contribution < -0.4 is 0 Å². The van der Waals surface area contributed by atoms with Gasteiger partial charge in [0.2, 0.25) is 0 Å². The first-order chi connectivity index (χ1) is 28.6. The van der Waals surface area contributed by atoms with Gasteiger partial charge in [-0.3, -0.25) is 0 Å². The van der Waals surface area contributed by atoms with Gasteiger partial charge in [-0.2, -0.15) is 0 Å². The highest BCUT2D eigenvalue weighted by Crippen LogP contribution is 2.54. The monoisotopic (exact) mass is 758 g/mol. The number of hydrogen-bond acceptors (Lipinski definition) is 1. The third kappa shape index (κ3) is 4.91. The zero-order valence-corrected chi connectivity index (χ0v) is 35.1. The summed E-state index contributed by atoms with van der Waals surface area (Å²) in [5.74, 6) is 0. The molecule has 59 heavy (non-hydrogen) atoms. The topological polar surface area (TPSA) is 13.1 Å². The minimum absolute atomic E-state index is 0.921. The first kappa shape index (κ1) is 35.5. The minimum Gasteiger partial charge on any atom is -0.456 e. The van der Waals surface area contributed by atoms with Crippen LogP contribution in [0.1, 0.15) is 44.5 Å². The lowest BCUT2D eigenvalue weighted by Gasteiger charge is -2.28. The zero-order valence-electron chi connectivity index (χ0n) is 35.1. The summed E-state index contributed by atoms with van der Waals surface area (Å²) >= 11 is 0. The van der Waals surface area contributed by atoms with Gasteiger partial charge in [0, 0.05) is 10.8 Å². The Kier molecular flexibility index (Phi) is 7.75. The fourth-order valence-corrected chi connectivity index (χ4v) is 10.6. The molecule has 1 heterocycles. The number of fused-ring (bicyclic) bond motifs is 8. The predicted molar refractivity (Wildman–Crippen MR) is 255 cm³/mol. The quantitative estimate of drug-likeness (QED) is 0.164. The molecular formula is C58H46O. The highest BCUT2D eigenvalue weighted by atomic mass is 16.3. The standard InChI is InChI=1S/C58H46O/c1-31-33(3)37(7)54-52(35(31)5)57(47-28-27-46(44-22-13-14-23-45(44)47)43-24-15-20-39-17-11-12-21-42(39)43)53-36(6)32(2)34(4)38(8)55(53)58(54)48-25-16-26-50-56(48)49-29-40-18-9-10-19-41(40)30-51(49)59-50/h9-30H,1-8H3. The molecular weight excluding hydrogens is 713 g/mol. The SMILES string of the molecule is Cc1c(C)c(C)c2c(-c3cccc4oc5cc6ccccc6cc5c34)c3c(C)c(C)c(C)c(C)c3c(-c3ccc(-c4cccc5ccccc45)c4ccccc34)c2c1C. The summed E-state index contributed by atoms with van der Waals surface area (Å²) in [6.45, 7) is 18.7. The third-order valence-corrected chi connectivity index (χ3v) is 14.3. The number of rotatable bonds is 3. The minimum atomic E-state index is 0.921. The molecule has 1 nitrogen and oxygen atoms in total. The molecule has 0 fully saturated rings. The highest BCUT2D eigenvalue weighted by molar-refractivity contribution is 6.30. The van der Waals surface area contributed by atoms with Crippen molar-refractivity contribution in [2.24, 2.45) is 0 Å². The van der Waals surface area contributed by atoms with Crippen LogP contribution in [-0.2, 0) is 0 Å². The molecule has 0 spiro atoms. The molecule has 0 radical (unpaired) electrons. The van der Waals surface area contributed by atoms with Crippen molar-refractivity contribution in [1.82, 2.24) is 0 Å². The van der Waals surface area contributed by atoms with E-state index in [9.17, 15) is 0 Å². The van der Waals surface area contributed by atoms with Gasteiger partial charge in [-0.25, -0.2) is 0 Å². The van der Waals surface area contributed by atoms with E-state index < -0.39 is 0 Å². The summed E-state index contributed by atoms with van der Waals surface area (Å²) in [7, 11) is 0. The molecule has 1 heteroatoms. The smallest absolute Gasteiger partial charge is 0.136 e. The van der Waals surface area contributed by atoms with Crippen molar-refractivity contribution in [2.75, 3.05) is 0 Å². The maximum Gasteiger partial charge on any atom is 0.136 e. The fourth-order valence-electron chi connectivity index (χ4n) is 10.6. The van der Waals surface area contributed by atoms with E-state index in [4.69, 9.17) is 4.42 Å². The first-order valence-corrected chi connectivity index (χ1v) is 20.9. The Labute approximate surface area is 345 Å². The van der Waals surface area contributed by atoms with Gasteiger partial charge in [0.05, 0.1) is 0 Å². The molecule has 0 bridgehead atoms. The number of furan rings is 1. The Morgan fingerprint density at radius 3 is 1.31 bits per heavy atom. The summed E-state index contributed by atoms with van der Waals surface area (Å²) in [5, 5.41) is 15.2. The first-order valence-electron chi connectivity index (χ1n) is 20.9. The molecule has 0 amide bonds. The van der Waals surface area contributed by atoms with Crippen LogP contribution in [0.5, 0.6) is 0 Å². The van der Waals surface area contributed by atoms with Gasteiger partial charge in [0.15, 0.2) is 0 Å². The van der Waals surface area contributed by atoms with Gasteiger partial charge < -0.3 is 4.42 Å². The molecule has 11 aromatic rings. The summed E-state index contributed by atoms with van der Waals surface area (Å²) in [5.41, 5.74) is 20.3. The van der Waals surface area contributed by atoms with Crippen molar-refractivity contribution in [3.63, 3.8) is 0 Å². The van der Waals surface area contributed by atoms with Crippen LogP contribution in [0.2, 0.25) is 0 Å². The maximum absolute atomic E-state index is 6.76. The van der Waals surface area contributed by atoms with Crippen LogP contribution in [0.15, 0.2) is 138 Å². The van der Waals surface area contributed by atoms with Gasteiger partial charge in [-0.05, 0) is 205 Å². The molecule has 0 unspecified atom stereocenters. The normalized spacial score (nSPS) is 12.1. The van der Waals surface area contributed by atoms with Gasteiger partial charge >= 0.3 is 0 Å². The van der Waals surface area contributed by atoms with E-state index in [-0.39, 0.29) is 0 Å². The summed E-state index contributed by atoms with van der Waals surface area (Å²) < 4.78 is 6.76. The van der Waals surface area contributed by atoms with Gasteiger partial charge in [0.1, 0.15) is 11.2 Å². The highest BCUT2D eigenvalue weighted by Gasteiger charge is 2.28. The largest absolute Gasteiger partial charge is 0.456 e. The molecule has 0 aliphatic carbocycles. The molecule has 1 aromatic heterocycles. The molecule has 11 rings (SSSR count). The van der Waals surface area contributed by atoms with Gasteiger partial charge in [-0.1, -0.05) is 115 Å². The van der Waals surface area contributed by atoms with Gasteiger partial charge in [-0.15, -0.1) is 0 Å². The van der Waals surface area contributed by atoms with Crippen LogP contribution in [0, 0.1) is 55.4 Å². The predicted octanol–water partition coefficient (Wildman–Crippen LogP) is 16.8. The van der Waals surface area contributed by atoms with E-state index in [2.05, 4.69) is 189 Å². The van der Waals surface area contributed by atoms with Crippen molar-refractivity contribution in [2.45, 2.75) is 55.4 Å². The van der Waals surface area contributed by atoms with E-state index in [0.29, 0.717) is 0 Å². The van der Waals surface area contributed by atoms with Crippen molar-refractivity contribution in [3.05, 3.63) is 178 Å². The van der Waals surface area contributed by atoms with Crippen LogP contribution in [0.3, 0.4) is 0 Å². The summed E-state index contributed by atoms with van der Waals surface area (Å²) in [4.78, 5) is 0. The molecule has 0 aliphatic rings. The second-order valence-corrected chi connectivity index (χ2v) is 17.0. The van der Waals surface area contributed by atoms with Crippen LogP contribution in [0.25, 0.3) is 109 Å².